The lowest BCUT2D eigenvalue weighted by molar-refractivity contribution is 0.0696. The lowest BCUT2D eigenvalue weighted by Crippen LogP contribution is -2.15. The number of carboxylic acid groups (broad SMARTS) is 1. The van der Waals surface area contributed by atoms with Gasteiger partial charge in [-0.3, -0.25) is 0 Å². The predicted octanol–water partition coefficient (Wildman–Crippen LogP) is 1.95. The number of nitrogens with one attached hydrogen (secondary N) is 1. The Morgan fingerprint density at radius 2 is 2.33 bits per heavy atom. The van der Waals surface area contributed by atoms with Gasteiger partial charge in [0.25, 0.3) is 0 Å². The topological polar surface area (TPSA) is 49.3 Å². The van der Waals surface area contributed by atoms with Gasteiger partial charge in [0, 0.05) is 11.6 Å². The normalized spacial score (nSPS) is 20.5. The largest absolute Gasteiger partial charge is 0.478 e. The molecule has 80 valence electrons. The van der Waals surface area contributed by atoms with Crippen LogP contribution in [0.25, 0.3) is 0 Å². The van der Waals surface area contributed by atoms with Gasteiger partial charge in [0.05, 0.1) is 5.56 Å². The molecule has 3 nitrogen and oxygen atoms in total. The zero-order valence-corrected chi connectivity index (χ0v) is 8.16. The summed E-state index contributed by atoms with van der Waals surface area (Å²) in [7, 11) is 0. The van der Waals surface area contributed by atoms with E-state index in [0.717, 1.165) is 19.4 Å². The van der Waals surface area contributed by atoms with Gasteiger partial charge in [0.1, 0.15) is 5.82 Å². The van der Waals surface area contributed by atoms with Crippen molar-refractivity contribution in [2.45, 2.75) is 18.9 Å². The molecule has 0 aliphatic carbocycles. The Kier molecular flexibility index (Phi) is 2.68. The third kappa shape index (κ3) is 1.99. The molecule has 1 aliphatic rings. The van der Waals surface area contributed by atoms with Crippen LogP contribution < -0.4 is 5.32 Å². The quantitative estimate of drug-likeness (QED) is 0.782. The van der Waals surface area contributed by atoms with Gasteiger partial charge in [0.15, 0.2) is 0 Å². The van der Waals surface area contributed by atoms with Gasteiger partial charge in [-0.05, 0) is 37.6 Å². The summed E-state index contributed by atoms with van der Waals surface area (Å²) in [6, 6.07) is 3.89. The van der Waals surface area contributed by atoms with E-state index >= 15 is 0 Å². The number of carboxylic acids is 1. The molecule has 0 saturated carbocycles. The van der Waals surface area contributed by atoms with E-state index in [1.165, 1.54) is 18.2 Å². The van der Waals surface area contributed by atoms with Crippen LogP contribution in [0.15, 0.2) is 18.2 Å². The minimum atomic E-state index is -1.02. The lowest BCUT2D eigenvalue weighted by Gasteiger charge is -2.12. The number of hydrogen-bond donors (Lipinski definition) is 2. The number of aromatic carboxylic acids is 1. The van der Waals surface area contributed by atoms with Crippen LogP contribution in [-0.4, -0.2) is 17.6 Å². The van der Waals surface area contributed by atoms with Gasteiger partial charge in [-0.2, -0.15) is 0 Å². The number of hydrogen-bond acceptors (Lipinski definition) is 2. The van der Waals surface area contributed by atoms with Crippen LogP contribution in [0.2, 0.25) is 0 Å². The molecular formula is C11H12FNO2. The maximum absolute atomic E-state index is 13.5. The van der Waals surface area contributed by atoms with Crippen molar-refractivity contribution in [3.05, 3.63) is 35.1 Å². The molecule has 0 unspecified atom stereocenters. The summed E-state index contributed by atoms with van der Waals surface area (Å²) in [5.41, 5.74) is 0.604. The fourth-order valence-corrected chi connectivity index (χ4v) is 1.89. The van der Waals surface area contributed by atoms with Crippen LogP contribution in [0.5, 0.6) is 0 Å². The van der Waals surface area contributed by atoms with Crippen molar-refractivity contribution in [1.29, 1.82) is 0 Å². The summed E-state index contributed by atoms with van der Waals surface area (Å²) in [4.78, 5) is 10.7. The van der Waals surface area contributed by atoms with Crippen LogP contribution in [0.4, 0.5) is 4.39 Å². The molecule has 4 heteroatoms. The van der Waals surface area contributed by atoms with E-state index in [2.05, 4.69) is 5.32 Å². The first-order valence-electron chi connectivity index (χ1n) is 4.94. The van der Waals surface area contributed by atoms with Crippen LogP contribution in [-0.2, 0) is 0 Å². The summed E-state index contributed by atoms with van der Waals surface area (Å²) in [6.45, 7) is 0.863. The van der Waals surface area contributed by atoms with E-state index in [4.69, 9.17) is 5.11 Å². The molecule has 0 spiro atoms. The highest BCUT2D eigenvalue weighted by atomic mass is 19.1. The van der Waals surface area contributed by atoms with Crippen molar-refractivity contribution in [3.63, 3.8) is 0 Å². The summed E-state index contributed by atoms with van der Waals surface area (Å²) in [5.74, 6) is -1.35. The summed E-state index contributed by atoms with van der Waals surface area (Å²) < 4.78 is 13.5. The Bertz CT molecular complexity index is 386. The molecule has 1 aromatic carbocycles. The monoisotopic (exact) mass is 209 g/mol. The first kappa shape index (κ1) is 10.1. The van der Waals surface area contributed by atoms with Gasteiger partial charge in [-0.15, -0.1) is 0 Å². The van der Waals surface area contributed by atoms with E-state index in [-0.39, 0.29) is 17.4 Å². The molecular weight excluding hydrogens is 197 g/mol. The number of carbonyl (C=O) groups is 1. The number of rotatable bonds is 2. The van der Waals surface area contributed by atoms with Crippen molar-refractivity contribution in [2.75, 3.05) is 6.54 Å². The fraction of sp³-hybridized carbons (Fsp3) is 0.364. The van der Waals surface area contributed by atoms with Crippen molar-refractivity contribution in [2.24, 2.45) is 0 Å². The molecule has 0 amide bonds. The summed E-state index contributed by atoms with van der Waals surface area (Å²) in [5, 5.41) is 11.9. The minimum Gasteiger partial charge on any atom is -0.478 e. The van der Waals surface area contributed by atoms with E-state index < -0.39 is 5.97 Å². The molecule has 1 fully saturated rings. The molecule has 0 aromatic heterocycles. The van der Waals surface area contributed by atoms with Gasteiger partial charge < -0.3 is 10.4 Å². The van der Waals surface area contributed by atoms with Gasteiger partial charge in [0.2, 0.25) is 0 Å². The van der Waals surface area contributed by atoms with Crippen LogP contribution in [0.1, 0.15) is 34.8 Å². The first-order chi connectivity index (χ1) is 7.18. The molecule has 1 aromatic rings. The minimum absolute atomic E-state index is 0.0377. The van der Waals surface area contributed by atoms with E-state index in [9.17, 15) is 9.18 Å². The summed E-state index contributed by atoms with van der Waals surface area (Å²) in [6.07, 6.45) is 1.86. The lowest BCUT2D eigenvalue weighted by atomic mass is 10.0. The Morgan fingerprint density at radius 3 is 2.93 bits per heavy atom. The zero-order chi connectivity index (χ0) is 10.8. The Labute approximate surface area is 86.9 Å². The molecule has 0 radical (unpaired) electrons. The van der Waals surface area contributed by atoms with Gasteiger partial charge in [-0.1, -0.05) is 0 Å². The van der Waals surface area contributed by atoms with Gasteiger partial charge in [-0.25, -0.2) is 9.18 Å². The summed E-state index contributed by atoms with van der Waals surface area (Å²) >= 11 is 0. The highest BCUT2D eigenvalue weighted by Crippen LogP contribution is 2.26. The second-order valence-electron chi connectivity index (χ2n) is 3.69. The van der Waals surface area contributed by atoms with Crippen LogP contribution >= 0.6 is 0 Å². The standard InChI is InChI=1S/C11H12FNO2/c12-9-4-3-7(11(14)15)6-8(9)10-2-1-5-13-10/h3-4,6,10,13H,1-2,5H2,(H,14,15)/t10-/m0/s1. The predicted molar refractivity (Wildman–Crippen MR) is 53.3 cm³/mol. The highest BCUT2D eigenvalue weighted by Gasteiger charge is 2.20. The molecule has 1 saturated heterocycles. The first-order valence-corrected chi connectivity index (χ1v) is 4.94. The second kappa shape index (κ2) is 3.98. The maximum atomic E-state index is 13.5. The van der Waals surface area contributed by atoms with E-state index in [1.54, 1.807) is 0 Å². The molecule has 0 bridgehead atoms. The molecule has 2 rings (SSSR count). The van der Waals surface area contributed by atoms with Crippen LogP contribution in [0, 0.1) is 5.82 Å². The third-order valence-electron chi connectivity index (χ3n) is 2.68. The SMILES string of the molecule is O=C(O)c1ccc(F)c([C@@H]2CCCN2)c1. The van der Waals surface area contributed by atoms with E-state index in [0.29, 0.717) is 5.56 Å². The average Bonchev–Trinajstić information content (AvgIpc) is 2.71. The highest BCUT2D eigenvalue weighted by molar-refractivity contribution is 5.87. The van der Waals surface area contributed by atoms with Crippen molar-refractivity contribution >= 4 is 5.97 Å². The average molecular weight is 209 g/mol. The second-order valence-corrected chi connectivity index (χ2v) is 3.69. The Balaban J connectivity index is 2.35. The van der Waals surface area contributed by atoms with Crippen molar-refractivity contribution in [3.8, 4) is 0 Å². The number of benzene rings is 1. The smallest absolute Gasteiger partial charge is 0.335 e. The van der Waals surface area contributed by atoms with Gasteiger partial charge >= 0.3 is 5.97 Å². The molecule has 15 heavy (non-hydrogen) atoms. The maximum Gasteiger partial charge on any atom is 0.335 e. The van der Waals surface area contributed by atoms with Crippen LogP contribution in [0.3, 0.4) is 0 Å². The molecule has 1 atom stereocenters. The number of halogens is 1. The third-order valence-corrected chi connectivity index (χ3v) is 2.68. The zero-order valence-electron chi connectivity index (χ0n) is 8.16. The molecule has 2 N–H and O–H groups in total. The fourth-order valence-electron chi connectivity index (χ4n) is 1.89. The van der Waals surface area contributed by atoms with Crippen molar-refractivity contribution in [1.82, 2.24) is 5.32 Å². The van der Waals surface area contributed by atoms with E-state index in [1.807, 2.05) is 0 Å². The van der Waals surface area contributed by atoms with Crippen molar-refractivity contribution < 1.29 is 14.3 Å². The molecule has 1 aliphatic heterocycles. The Morgan fingerprint density at radius 1 is 1.53 bits per heavy atom. The Hall–Kier alpha value is -1.42. The molecule has 1 heterocycles.